The second-order valence-corrected chi connectivity index (χ2v) is 8.44. The van der Waals surface area contributed by atoms with Gasteiger partial charge < -0.3 is 0 Å². The molecule has 1 aromatic carbocycles. The largest absolute Gasteiger partial charge is 0.207 e. The minimum atomic E-state index is -0.0941. The molecule has 1 saturated carbocycles. The third-order valence-corrected chi connectivity index (χ3v) is 6.93. The Bertz CT molecular complexity index is 605. The highest BCUT2D eigenvalue weighted by molar-refractivity contribution is 5.35. The number of hydrogen-bond donors (Lipinski definition) is 0. The molecule has 0 N–H and O–H groups in total. The summed E-state index contributed by atoms with van der Waals surface area (Å²) < 4.78 is 14.1. The molecule has 2 aliphatic carbocycles. The lowest BCUT2D eigenvalue weighted by Crippen LogP contribution is -2.31. The number of rotatable bonds is 7. The fourth-order valence-electron chi connectivity index (χ4n) is 5.11. The predicted octanol–water partition coefficient (Wildman–Crippen LogP) is 7.82. The Morgan fingerprint density at radius 3 is 2.27 bits per heavy atom. The molecule has 0 bridgehead atoms. The molecule has 0 amide bonds. The van der Waals surface area contributed by atoms with E-state index in [1.807, 2.05) is 12.1 Å². The van der Waals surface area contributed by atoms with Gasteiger partial charge in [-0.3, -0.25) is 0 Å². The summed E-state index contributed by atoms with van der Waals surface area (Å²) in [5, 5.41) is 0. The van der Waals surface area contributed by atoms with Crippen LogP contribution in [-0.2, 0) is 0 Å². The van der Waals surface area contributed by atoms with Gasteiger partial charge in [0.1, 0.15) is 5.82 Å². The number of benzene rings is 1. The van der Waals surface area contributed by atoms with E-state index in [2.05, 4.69) is 38.2 Å². The van der Waals surface area contributed by atoms with Crippen molar-refractivity contribution in [2.45, 2.75) is 77.6 Å². The van der Waals surface area contributed by atoms with E-state index in [4.69, 9.17) is 0 Å². The summed E-state index contributed by atoms with van der Waals surface area (Å²) in [5.41, 5.74) is 0.986. The van der Waals surface area contributed by atoms with Crippen LogP contribution >= 0.6 is 0 Å². The molecule has 0 aliphatic heterocycles. The molecular weight excluding hydrogens is 319 g/mol. The van der Waals surface area contributed by atoms with Crippen LogP contribution in [0.4, 0.5) is 4.39 Å². The van der Waals surface area contributed by atoms with Crippen LogP contribution in [0.3, 0.4) is 0 Å². The van der Waals surface area contributed by atoms with Gasteiger partial charge in [0.25, 0.3) is 0 Å². The molecule has 3 rings (SSSR count). The van der Waals surface area contributed by atoms with Crippen LogP contribution in [0.15, 0.2) is 48.6 Å². The Morgan fingerprint density at radius 2 is 1.65 bits per heavy atom. The normalized spacial score (nSPS) is 31.3. The van der Waals surface area contributed by atoms with E-state index in [-0.39, 0.29) is 17.2 Å². The molecule has 26 heavy (non-hydrogen) atoms. The number of hydrogen-bond acceptors (Lipinski definition) is 0. The molecule has 0 aromatic heterocycles. The highest BCUT2D eigenvalue weighted by Crippen LogP contribution is 2.48. The van der Waals surface area contributed by atoms with Crippen molar-refractivity contribution in [1.82, 2.24) is 0 Å². The van der Waals surface area contributed by atoms with Crippen molar-refractivity contribution in [2.75, 3.05) is 0 Å². The first-order chi connectivity index (χ1) is 12.7. The van der Waals surface area contributed by atoms with E-state index in [9.17, 15) is 4.39 Å². The van der Waals surface area contributed by atoms with Crippen molar-refractivity contribution in [3.05, 3.63) is 60.0 Å². The fourth-order valence-corrected chi connectivity index (χ4v) is 5.11. The van der Waals surface area contributed by atoms with E-state index in [1.54, 1.807) is 12.1 Å². The van der Waals surface area contributed by atoms with E-state index in [1.165, 1.54) is 51.4 Å². The average Bonchev–Trinajstić information content (AvgIpc) is 2.69. The van der Waals surface area contributed by atoms with Crippen LogP contribution in [0.5, 0.6) is 0 Å². The van der Waals surface area contributed by atoms with Crippen molar-refractivity contribution in [3.63, 3.8) is 0 Å². The highest BCUT2D eigenvalue weighted by atomic mass is 19.1. The van der Waals surface area contributed by atoms with Crippen molar-refractivity contribution < 1.29 is 4.39 Å². The number of unbranched alkanes of at least 4 members (excludes halogenated alkanes) is 2. The van der Waals surface area contributed by atoms with Gasteiger partial charge in [0, 0.05) is 11.3 Å². The zero-order valence-electron chi connectivity index (χ0n) is 16.6. The van der Waals surface area contributed by atoms with E-state index >= 15 is 0 Å². The van der Waals surface area contributed by atoms with Crippen LogP contribution in [0, 0.1) is 23.1 Å². The molecule has 1 aromatic rings. The van der Waals surface area contributed by atoms with Gasteiger partial charge in [-0.1, -0.05) is 94.9 Å². The molecule has 0 unspecified atom stereocenters. The predicted molar refractivity (Wildman–Crippen MR) is 110 cm³/mol. The smallest absolute Gasteiger partial charge is 0.127 e. The lowest BCUT2D eigenvalue weighted by Gasteiger charge is -2.42. The maximum absolute atomic E-state index is 14.1. The summed E-state index contributed by atoms with van der Waals surface area (Å²) in [6.45, 7) is 4.60. The Kier molecular flexibility index (Phi) is 6.73. The van der Waals surface area contributed by atoms with Gasteiger partial charge >= 0.3 is 0 Å². The third kappa shape index (κ3) is 4.30. The zero-order valence-corrected chi connectivity index (χ0v) is 16.6. The monoisotopic (exact) mass is 354 g/mol. The first-order valence-corrected chi connectivity index (χ1v) is 10.8. The van der Waals surface area contributed by atoms with Gasteiger partial charge in [0.15, 0.2) is 0 Å². The molecule has 0 radical (unpaired) electrons. The van der Waals surface area contributed by atoms with Crippen LogP contribution < -0.4 is 0 Å². The minimum Gasteiger partial charge on any atom is -0.207 e. The van der Waals surface area contributed by atoms with Gasteiger partial charge in [-0.25, -0.2) is 4.39 Å². The molecule has 1 heteroatoms. The van der Waals surface area contributed by atoms with Crippen molar-refractivity contribution >= 4 is 0 Å². The fraction of sp³-hybridized carbons (Fsp3) is 0.600. The molecule has 0 heterocycles. The molecule has 0 saturated heterocycles. The standard InChI is InChI=1S/C25H35F/c1-3-5-6-9-20-12-14-22(15-13-20)25(4-2)18-16-21(17-19-25)23-10-7-8-11-24(23)26/h7-8,10-11,16-22H,3-6,9,12-15H2,1-2H3/t20-,21?,22-,25?. The lowest BCUT2D eigenvalue weighted by molar-refractivity contribution is 0.169. The zero-order chi connectivity index (χ0) is 18.4. The van der Waals surface area contributed by atoms with Crippen LogP contribution in [0.2, 0.25) is 0 Å². The lowest BCUT2D eigenvalue weighted by atomic mass is 9.63. The Morgan fingerprint density at radius 1 is 0.962 bits per heavy atom. The molecule has 0 nitrogen and oxygen atoms in total. The topological polar surface area (TPSA) is 0 Å². The van der Waals surface area contributed by atoms with Gasteiger partial charge in [0.05, 0.1) is 0 Å². The number of halogens is 1. The Hall–Kier alpha value is -1.37. The minimum absolute atomic E-state index is 0.0845. The maximum Gasteiger partial charge on any atom is 0.127 e. The summed E-state index contributed by atoms with van der Waals surface area (Å²) in [6, 6.07) is 7.18. The van der Waals surface area contributed by atoms with Gasteiger partial charge in [0.2, 0.25) is 0 Å². The summed E-state index contributed by atoms with van der Waals surface area (Å²) in [5.74, 6) is 1.70. The third-order valence-electron chi connectivity index (χ3n) is 6.93. The van der Waals surface area contributed by atoms with Crippen molar-refractivity contribution in [3.8, 4) is 0 Å². The molecule has 0 spiro atoms. The van der Waals surface area contributed by atoms with Crippen LogP contribution in [-0.4, -0.2) is 0 Å². The molecule has 2 aliphatic rings. The quantitative estimate of drug-likeness (QED) is 0.346. The summed E-state index contributed by atoms with van der Waals surface area (Å²) in [4.78, 5) is 0. The molecular formula is C25H35F. The SMILES string of the molecule is CCCCC[C@H]1CC[C@H](C2(CC)C=CC(c3ccccc3F)C=C2)CC1. The van der Waals surface area contributed by atoms with Crippen LogP contribution in [0.1, 0.15) is 83.1 Å². The molecule has 1 fully saturated rings. The van der Waals surface area contributed by atoms with Gasteiger partial charge in [-0.15, -0.1) is 0 Å². The van der Waals surface area contributed by atoms with Crippen molar-refractivity contribution in [2.24, 2.45) is 17.3 Å². The second-order valence-electron chi connectivity index (χ2n) is 8.44. The first kappa shape index (κ1) is 19.4. The van der Waals surface area contributed by atoms with Crippen LogP contribution in [0.25, 0.3) is 0 Å². The summed E-state index contributed by atoms with van der Waals surface area (Å²) in [6.07, 6.45) is 21.5. The number of allylic oxidation sites excluding steroid dienone is 4. The van der Waals surface area contributed by atoms with E-state index < -0.39 is 0 Å². The van der Waals surface area contributed by atoms with E-state index in [0.29, 0.717) is 0 Å². The summed E-state index contributed by atoms with van der Waals surface area (Å²) >= 11 is 0. The average molecular weight is 355 g/mol. The van der Waals surface area contributed by atoms with E-state index in [0.717, 1.165) is 23.8 Å². The molecule has 142 valence electrons. The van der Waals surface area contributed by atoms with Crippen molar-refractivity contribution in [1.29, 1.82) is 0 Å². The van der Waals surface area contributed by atoms with Gasteiger partial charge in [-0.2, -0.15) is 0 Å². The highest BCUT2D eigenvalue weighted by Gasteiger charge is 2.37. The second kappa shape index (κ2) is 9.02. The molecule has 0 atom stereocenters. The maximum atomic E-state index is 14.1. The van der Waals surface area contributed by atoms with Gasteiger partial charge in [-0.05, 0) is 42.7 Å². The Labute approximate surface area is 159 Å². The first-order valence-electron chi connectivity index (χ1n) is 10.8. The Balaban J connectivity index is 1.62. The summed E-state index contributed by atoms with van der Waals surface area (Å²) in [7, 11) is 0.